The van der Waals surface area contributed by atoms with Crippen LogP contribution in [0.25, 0.3) is 0 Å². The molecule has 0 N–H and O–H groups in total. The molecule has 0 atom stereocenters. The summed E-state index contributed by atoms with van der Waals surface area (Å²) in [7, 11) is 0. The molecule has 0 aliphatic rings. The summed E-state index contributed by atoms with van der Waals surface area (Å²) in [6.07, 6.45) is 0. The molecular formula is C13H13BrN4O3. The van der Waals surface area contributed by atoms with Crippen molar-refractivity contribution in [3.8, 4) is 0 Å². The average molecular weight is 353 g/mol. The number of hydrogen-bond donors (Lipinski definition) is 0. The topological polar surface area (TPSA) is 90.9 Å². The summed E-state index contributed by atoms with van der Waals surface area (Å²) in [6, 6.07) is 3.86. The first kappa shape index (κ1) is 15.3. The fraction of sp³-hybridized carbons (Fsp3) is 0.308. The number of ketones is 1. The Labute approximate surface area is 129 Å². The van der Waals surface area contributed by atoms with Crippen LogP contribution < -0.4 is 0 Å². The number of aromatic nitrogens is 3. The van der Waals surface area contributed by atoms with Gasteiger partial charge < -0.3 is 10.1 Å². The third-order valence-corrected chi connectivity index (χ3v) is 3.61. The van der Waals surface area contributed by atoms with Crippen molar-refractivity contribution in [2.45, 2.75) is 27.3 Å². The zero-order valence-corrected chi connectivity index (χ0v) is 13.3. The molecule has 1 aromatic heterocycles. The Morgan fingerprint density at radius 1 is 1.33 bits per heavy atom. The maximum atomic E-state index is 12.4. The van der Waals surface area contributed by atoms with Crippen LogP contribution in [-0.2, 0) is 6.54 Å². The van der Waals surface area contributed by atoms with Gasteiger partial charge in [-0.3, -0.25) is 4.79 Å². The van der Waals surface area contributed by atoms with Crippen molar-refractivity contribution in [3.05, 3.63) is 49.2 Å². The molecule has 2 rings (SSSR count). The Bertz CT molecular complexity index is 716. The van der Waals surface area contributed by atoms with Crippen LogP contribution in [0.15, 0.2) is 16.9 Å². The fourth-order valence-corrected chi connectivity index (χ4v) is 2.69. The number of carbonyl (C=O) groups excluding carboxylic acids is 1. The van der Waals surface area contributed by atoms with Crippen molar-refractivity contribution in [1.29, 1.82) is 0 Å². The zero-order chi connectivity index (χ0) is 15.7. The first-order valence-electron chi connectivity index (χ1n) is 6.15. The molecule has 0 saturated heterocycles. The summed E-state index contributed by atoms with van der Waals surface area (Å²) in [6.45, 7) is 5.59. The van der Waals surface area contributed by atoms with Crippen molar-refractivity contribution >= 4 is 27.7 Å². The predicted molar refractivity (Wildman–Crippen MR) is 79.4 cm³/mol. The van der Waals surface area contributed by atoms with E-state index in [0.29, 0.717) is 5.56 Å². The number of Topliss-reactive ketones (excluding diaryl/α,β-unsaturated/α-hetero) is 1. The van der Waals surface area contributed by atoms with E-state index in [1.165, 1.54) is 4.68 Å². The van der Waals surface area contributed by atoms with Crippen LogP contribution in [0.2, 0.25) is 0 Å². The number of benzene rings is 1. The Balaban J connectivity index is 2.33. The van der Waals surface area contributed by atoms with Crippen molar-refractivity contribution in [1.82, 2.24) is 14.8 Å². The van der Waals surface area contributed by atoms with Crippen LogP contribution in [0, 0.1) is 30.9 Å². The standard InChI is InChI=1S/C13H13BrN4O3/c1-7-4-8(2)11(9(3)5-7)10(19)6-17-12(14)15-13(16-17)18(20)21/h4-5H,6H2,1-3H3. The summed E-state index contributed by atoms with van der Waals surface area (Å²) in [5.41, 5.74) is 3.45. The number of hydrogen-bond acceptors (Lipinski definition) is 5. The summed E-state index contributed by atoms with van der Waals surface area (Å²) < 4.78 is 1.34. The molecule has 0 fully saturated rings. The van der Waals surface area contributed by atoms with E-state index >= 15 is 0 Å². The maximum absolute atomic E-state index is 12.4. The molecule has 8 heteroatoms. The third-order valence-electron chi connectivity index (χ3n) is 3.03. The number of nitrogens with zero attached hydrogens (tertiary/aromatic N) is 4. The van der Waals surface area contributed by atoms with Crippen LogP contribution >= 0.6 is 15.9 Å². The van der Waals surface area contributed by atoms with E-state index in [-0.39, 0.29) is 17.1 Å². The third kappa shape index (κ3) is 3.15. The van der Waals surface area contributed by atoms with Gasteiger partial charge in [0.15, 0.2) is 5.78 Å². The molecule has 0 spiro atoms. The Morgan fingerprint density at radius 3 is 2.38 bits per heavy atom. The van der Waals surface area contributed by atoms with Gasteiger partial charge in [0.2, 0.25) is 0 Å². The fourth-order valence-electron chi connectivity index (χ4n) is 2.32. The van der Waals surface area contributed by atoms with E-state index in [1.807, 2.05) is 32.9 Å². The molecule has 0 amide bonds. The highest BCUT2D eigenvalue weighted by atomic mass is 79.9. The van der Waals surface area contributed by atoms with E-state index in [0.717, 1.165) is 16.7 Å². The molecule has 0 aliphatic heterocycles. The highest BCUT2D eigenvalue weighted by molar-refractivity contribution is 9.10. The van der Waals surface area contributed by atoms with E-state index in [9.17, 15) is 14.9 Å². The lowest BCUT2D eigenvalue weighted by Crippen LogP contribution is -2.15. The van der Waals surface area contributed by atoms with Gasteiger partial charge in [-0.25, -0.2) is 0 Å². The number of halogens is 1. The highest BCUT2D eigenvalue weighted by Crippen LogP contribution is 2.19. The van der Waals surface area contributed by atoms with Crippen molar-refractivity contribution in [2.75, 3.05) is 0 Å². The van der Waals surface area contributed by atoms with E-state index in [1.54, 1.807) is 0 Å². The van der Waals surface area contributed by atoms with E-state index in [4.69, 9.17) is 0 Å². The lowest BCUT2D eigenvalue weighted by molar-refractivity contribution is -0.394. The van der Waals surface area contributed by atoms with Crippen LogP contribution in [-0.4, -0.2) is 25.5 Å². The van der Waals surface area contributed by atoms with Gasteiger partial charge in [0.05, 0.1) is 0 Å². The molecule has 0 unspecified atom stereocenters. The lowest BCUT2D eigenvalue weighted by atomic mass is 9.96. The molecule has 7 nitrogen and oxygen atoms in total. The second kappa shape index (κ2) is 5.72. The van der Waals surface area contributed by atoms with E-state index in [2.05, 4.69) is 26.0 Å². The van der Waals surface area contributed by atoms with Crippen LogP contribution in [0.5, 0.6) is 0 Å². The molecule has 110 valence electrons. The monoisotopic (exact) mass is 352 g/mol. The second-order valence-electron chi connectivity index (χ2n) is 4.79. The second-order valence-corrected chi connectivity index (χ2v) is 5.50. The quantitative estimate of drug-likeness (QED) is 0.479. The van der Waals surface area contributed by atoms with Gasteiger partial charge in [-0.1, -0.05) is 17.7 Å². The van der Waals surface area contributed by atoms with Crippen molar-refractivity contribution in [2.24, 2.45) is 0 Å². The SMILES string of the molecule is Cc1cc(C)c(C(=O)Cn2nc([N+](=O)[O-])nc2Br)c(C)c1. The smallest absolute Gasteiger partial charge is 0.390 e. The van der Waals surface area contributed by atoms with Gasteiger partial charge in [-0.2, -0.15) is 4.68 Å². The highest BCUT2D eigenvalue weighted by Gasteiger charge is 2.23. The normalized spacial score (nSPS) is 10.7. The molecular weight excluding hydrogens is 340 g/mol. The zero-order valence-electron chi connectivity index (χ0n) is 11.8. The maximum Gasteiger partial charge on any atom is 0.492 e. The number of carbonyl (C=O) groups is 1. The van der Waals surface area contributed by atoms with Crippen LogP contribution in [0.3, 0.4) is 0 Å². The molecule has 1 heterocycles. The van der Waals surface area contributed by atoms with Crippen LogP contribution in [0.4, 0.5) is 5.95 Å². The molecule has 1 aromatic carbocycles. The number of nitro groups is 1. The lowest BCUT2D eigenvalue weighted by Gasteiger charge is -2.09. The van der Waals surface area contributed by atoms with Crippen LogP contribution in [0.1, 0.15) is 27.0 Å². The van der Waals surface area contributed by atoms with Gasteiger partial charge in [0, 0.05) is 26.6 Å². The largest absolute Gasteiger partial charge is 0.492 e. The molecule has 0 aliphatic carbocycles. The first-order chi connectivity index (χ1) is 9.79. The molecule has 0 radical (unpaired) electrons. The Kier molecular flexibility index (Phi) is 4.17. The molecule has 0 bridgehead atoms. The minimum atomic E-state index is -0.700. The Morgan fingerprint density at radius 2 is 1.90 bits per heavy atom. The summed E-state index contributed by atoms with van der Waals surface area (Å²) in [5, 5.41) is 14.3. The summed E-state index contributed by atoms with van der Waals surface area (Å²) >= 11 is 3.07. The minimum Gasteiger partial charge on any atom is -0.390 e. The number of rotatable bonds is 4. The first-order valence-corrected chi connectivity index (χ1v) is 6.94. The molecule has 2 aromatic rings. The van der Waals surface area contributed by atoms with Crippen molar-refractivity contribution < 1.29 is 9.72 Å². The van der Waals surface area contributed by atoms with E-state index < -0.39 is 10.9 Å². The van der Waals surface area contributed by atoms with Gasteiger partial charge in [-0.15, -0.1) is 0 Å². The van der Waals surface area contributed by atoms with Gasteiger partial charge >= 0.3 is 5.95 Å². The molecule has 0 saturated carbocycles. The summed E-state index contributed by atoms with van der Waals surface area (Å²) in [5.74, 6) is -0.697. The van der Waals surface area contributed by atoms with Gasteiger partial charge in [0.25, 0.3) is 4.73 Å². The minimum absolute atomic E-state index is 0.105. The predicted octanol–water partition coefficient (Wildman–Crippen LogP) is 2.76. The summed E-state index contributed by atoms with van der Waals surface area (Å²) in [4.78, 5) is 26.0. The Hall–Kier alpha value is -2.09. The average Bonchev–Trinajstić information content (AvgIpc) is 2.69. The molecule has 21 heavy (non-hydrogen) atoms. The number of aryl methyl sites for hydroxylation is 3. The van der Waals surface area contributed by atoms with Crippen molar-refractivity contribution in [3.63, 3.8) is 0 Å². The van der Waals surface area contributed by atoms with Gasteiger partial charge in [-0.05, 0) is 41.8 Å². The van der Waals surface area contributed by atoms with Gasteiger partial charge in [0.1, 0.15) is 6.54 Å².